The molecule has 1 heterocycles. The van der Waals surface area contributed by atoms with Gasteiger partial charge in [0.1, 0.15) is 0 Å². The molecule has 0 saturated carbocycles. The average molecular weight is 293 g/mol. The molecule has 15 heavy (non-hydrogen) atoms. The van der Waals surface area contributed by atoms with Crippen molar-refractivity contribution in [3.05, 3.63) is 34.3 Å². The minimum atomic E-state index is -0.252. The standard InChI is InChI=1S/C11H14BrNO.ClH/c12-9-4-1-3-8(7-9)11-10(14)5-2-6-13-11;/h1,3-4,7,10-11,13-14H,2,5-6H2;1H. The second-order valence-electron chi connectivity index (χ2n) is 3.70. The maximum absolute atomic E-state index is 9.84. The summed E-state index contributed by atoms with van der Waals surface area (Å²) in [6.45, 7) is 0.994. The van der Waals surface area contributed by atoms with E-state index in [4.69, 9.17) is 0 Å². The molecule has 1 fully saturated rings. The predicted molar refractivity (Wildman–Crippen MR) is 67.4 cm³/mol. The first kappa shape index (κ1) is 13.0. The molecule has 84 valence electrons. The summed E-state index contributed by atoms with van der Waals surface area (Å²) in [5, 5.41) is 13.2. The SMILES string of the molecule is Cl.OC1CCCNC1c1cccc(Br)c1. The van der Waals surface area contributed by atoms with Crippen LogP contribution < -0.4 is 5.32 Å². The van der Waals surface area contributed by atoms with E-state index in [1.165, 1.54) is 0 Å². The Bertz CT molecular complexity index is 321. The molecular weight excluding hydrogens is 277 g/mol. The third-order valence-corrected chi connectivity index (χ3v) is 3.13. The van der Waals surface area contributed by atoms with Crippen LogP contribution in [0.25, 0.3) is 0 Å². The fourth-order valence-corrected chi connectivity index (χ4v) is 2.33. The highest BCUT2D eigenvalue weighted by atomic mass is 79.9. The fourth-order valence-electron chi connectivity index (χ4n) is 1.91. The zero-order chi connectivity index (χ0) is 9.97. The van der Waals surface area contributed by atoms with Crippen molar-refractivity contribution >= 4 is 28.3 Å². The van der Waals surface area contributed by atoms with Crippen LogP contribution in [0.5, 0.6) is 0 Å². The molecule has 0 radical (unpaired) electrons. The number of aliphatic hydroxyl groups is 1. The number of aliphatic hydroxyl groups excluding tert-OH is 1. The minimum absolute atomic E-state index is 0. The highest BCUT2D eigenvalue weighted by Gasteiger charge is 2.23. The minimum Gasteiger partial charge on any atom is -0.391 e. The lowest BCUT2D eigenvalue weighted by molar-refractivity contribution is 0.0965. The topological polar surface area (TPSA) is 32.3 Å². The zero-order valence-electron chi connectivity index (χ0n) is 8.32. The van der Waals surface area contributed by atoms with Gasteiger partial charge in [-0.3, -0.25) is 0 Å². The summed E-state index contributed by atoms with van der Waals surface area (Å²) in [6, 6.07) is 8.21. The monoisotopic (exact) mass is 291 g/mol. The Kier molecular flexibility index (Phi) is 5.06. The van der Waals surface area contributed by atoms with Gasteiger partial charge < -0.3 is 10.4 Å². The lowest BCUT2D eigenvalue weighted by Gasteiger charge is -2.29. The van der Waals surface area contributed by atoms with E-state index in [0.717, 1.165) is 29.4 Å². The first-order valence-electron chi connectivity index (χ1n) is 4.94. The van der Waals surface area contributed by atoms with E-state index in [1.807, 2.05) is 12.1 Å². The van der Waals surface area contributed by atoms with Crippen molar-refractivity contribution in [2.75, 3.05) is 6.54 Å². The van der Waals surface area contributed by atoms with Crippen molar-refractivity contribution in [1.82, 2.24) is 5.32 Å². The molecule has 2 unspecified atom stereocenters. The van der Waals surface area contributed by atoms with Gasteiger partial charge in [0.25, 0.3) is 0 Å². The summed E-state index contributed by atoms with van der Waals surface area (Å²) in [6.07, 6.45) is 1.70. The number of rotatable bonds is 1. The van der Waals surface area contributed by atoms with Crippen molar-refractivity contribution in [2.45, 2.75) is 25.0 Å². The van der Waals surface area contributed by atoms with Gasteiger partial charge in [-0.15, -0.1) is 12.4 Å². The smallest absolute Gasteiger partial charge is 0.0735 e. The molecule has 0 spiro atoms. The quantitative estimate of drug-likeness (QED) is 0.834. The average Bonchev–Trinajstić information content (AvgIpc) is 2.18. The van der Waals surface area contributed by atoms with Crippen molar-refractivity contribution < 1.29 is 5.11 Å². The highest BCUT2D eigenvalue weighted by molar-refractivity contribution is 9.10. The van der Waals surface area contributed by atoms with Crippen LogP contribution in [0.4, 0.5) is 0 Å². The van der Waals surface area contributed by atoms with Crippen LogP contribution in [-0.4, -0.2) is 17.8 Å². The Morgan fingerprint density at radius 2 is 2.20 bits per heavy atom. The molecule has 1 aromatic rings. The van der Waals surface area contributed by atoms with Gasteiger partial charge in [-0.2, -0.15) is 0 Å². The van der Waals surface area contributed by atoms with Crippen molar-refractivity contribution in [1.29, 1.82) is 0 Å². The van der Waals surface area contributed by atoms with E-state index in [0.29, 0.717) is 0 Å². The predicted octanol–water partition coefficient (Wildman–Crippen LogP) is 2.66. The fraction of sp³-hybridized carbons (Fsp3) is 0.455. The molecule has 0 bridgehead atoms. The van der Waals surface area contributed by atoms with Gasteiger partial charge in [-0.1, -0.05) is 28.1 Å². The van der Waals surface area contributed by atoms with E-state index in [9.17, 15) is 5.11 Å². The Morgan fingerprint density at radius 3 is 2.87 bits per heavy atom. The number of halogens is 2. The third-order valence-electron chi connectivity index (χ3n) is 2.63. The molecule has 2 N–H and O–H groups in total. The van der Waals surface area contributed by atoms with Crippen LogP contribution in [0.2, 0.25) is 0 Å². The summed E-state index contributed by atoms with van der Waals surface area (Å²) < 4.78 is 1.06. The summed E-state index contributed by atoms with van der Waals surface area (Å²) >= 11 is 3.44. The van der Waals surface area contributed by atoms with Crippen LogP contribution in [-0.2, 0) is 0 Å². The number of hydrogen-bond donors (Lipinski definition) is 2. The molecule has 0 aromatic heterocycles. The normalized spacial score (nSPS) is 25.7. The second kappa shape index (κ2) is 5.85. The van der Waals surface area contributed by atoms with E-state index < -0.39 is 0 Å². The van der Waals surface area contributed by atoms with Gasteiger partial charge in [0.15, 0.2) is 0 Å². The summed E-state index contributed by atoms with van der Waals surface area (Å²) in [7, 11) is 0. The van der Waals surface area contributed by atoms with Gasteiger partial charge >= 0.3 is 0 Å². The molecule has 1 aliphatic rings. The zero-order valence-corrected chi connectivity index (χ0v) is 10.7. The Balaban J connectivity index is 0.00000112. The number of benzene rings is 1. The lowest BCUT2D eigenvalue weighted by atomic mass is 9.95. The maximum Gasteiger partial charge on any atom is 0.0735 e. The van der Waals surface area contributed by atoms with Crippen molar-refractivity contribution in [3.63, 3.8) is 0 Å². The molecule has 1 aliphatic heterocycles. The van der Waals surface area contributed by atoms with Crippen molar-refractivity contribution in [2.24, 2.45) is 0 Å². The van der Waals surface area contributed by atoms with E-state index >= 15 is 0 Å². The Labute approximate surface area is 105 Å². The van der Waals surface area contributed by atoms with Crippen LogP contribution in [0.15, 0.2) is 28.7 Å². The molecule has 1 aromatic carbocycles. The second-order valence-corrected chi connectivity index (χ2v) is 4.61. The summed E-state index contributed by atoms with van der Waals surface area (Å²) in [4.78, 5) is 0. The molecule has 2 atom stereocenters. The first-order valence-corrected chi connectivity index (χ1v) is 5.73. The first-order chi connectivity index (χ1) is 6.77. The van der Waals surface area contributed by atoms with Gasteiger partial charge in [0, 0.05) is 4.47 Å². The van der Waals surface area contributed by atoms with Gasteiger partial charge in [-0.25, -0.2) is 0 Å². The van der Waals surface area contributed by atoms with Gasteiger partial charge in [0.05, 0.1) is 12.1 Å². The molecule has 2 nitrogen and oxygen atoms in total. The third kappa shape index (κ3) is 3.18. The summed E-state index contributed by atoms with van der Waals surface area (Å²) in [5.41, 5.74) is 1.16. The lowest BCUT2D eigenvalue weighted by Crippen LogP contribution is -2.37. The molecule has 1 saturated heterocycles. The molecule has 4 heteroatoms. The molecular formula is C11H15BrClNO. The molecule has 0 amide bonds. The largest absolute Gasteiger partial charge is 0.391 e. The molecule has 0 aliphatic carbocycles. The maximum atomic E-state index is 9.84. The Hall–Kier alpha value is -0.0900. The van der Waals surface area contributed by atoms with E-state index in [1.54, 1.807) is 0 Å². The van der Waals surface area contributed by atoms with E-state index in [2.05, 4.69) is 33.4 Å². The number of piperidine rings is 1. The van der Waals surface area contributed by atoms with Crippen LogP contribution in [0, 0.1) is 0 Å². The van der Waals surface area contributed by atoms with Crippen LogP contribution >= 0.6 is 28.3 Å². The highest BCUT2D eigenvalue weighted by Crippen LogP contribution is 2.25. The number of nitrogens with one attached hydrogen (secondary N) is 1. The van der Waals surface area contributed by atoms with Crippen molar-refractivity contribution in [3.8, 4) is 0 Å². The Morgan fingerprint density at radius 1 is 1.40 bits per heavy atom. The van der Waals surface area contributed by atoms with Crippen LogP contribution in [0.1, 0.15) is 24.4 Å². The van der Waals surface area contributed by atoms with Gasteiger partial charge in [0.2, 0.25) is 0 Å². The summed E-state index contributed by atoms with van der Waals surface area (Å²) in [5.74, 6) is 0. The van der Waals surface area contributed by atoms with Crippen LogP contribution in [0.3, 0.4) is 0 Å². The van der Waals surface area contributed by atoms with E-state index in [-0.39, 0.29) is 24.6 Å². The van der Waals surface area contributed by atoms with Gasteiger partial charge in [-0.05, 0) is 37.1 Å². The molecule has 2 rings (SSSR count). The number of hydrogen-bond acceptors (Lipinski definition) is 2.